The molecule has 1 aliphatic heterocycles. The van der Waals surface area contributed by atoms with Gasteiger partial charge in [-0.15, -0.1) is 0 Å². The van der Waals surface area contributed by atoms with Crippen molar-refractivity contribution in [3.05, 3.63) is 35.4 Å². The maximum atomic E-state index is 12.6. The van der Waals surface area contributed by atoms with Gasteiger partial charge >= 0.3 is 0 Å². The summed E-state index contributed by atoms with van der Waals surface area (Å²) in [5.74, 6) is 0.0331. The van der Waals surface area contributed by atoms with Crippen LogP contribution in [0.15, 0.2) is 24.3 Å². The van der Waals surface area contributed by atoms with E-state index in [4.69, 9.17) is 0 Å². The number of fused-ring (bicyclic) bond motifs is 1. The molecule has 0 radical (unpaired) electrons. The summed E-state index contributed by atoms with van der Waals surface area (Å²) < 4.78 is 0. The highest BCUT2D eigenvalue weighted by atomic mass is 16.2. The van der Waals surface area contributed by atoms with Gasteiger partial charge in [-0.1, -0.05) is 37.1 Å². The van der Waals surface area contributed by atoms with Crippen molar-refractivity contribution in [3.63, 3.8) is 0 Å². The van der Waals surface area contributed by atoms with E-state index in [1.807, 2.05) is 29.2 Å². The van der Waals surface area contributed by atoms with Gasteiger partial charge < -0.3 is 4.90 Å². The second-order valence-electron chi connectivity index (χ2n) is 5.51. The first-order valence-electron chi connectivity index (χ1n) is 7.18. The van der Waals surface area contributed by atoms with Crippen LogP contribution in [0.3, 0.4) is 0 Å². The van der Waals surface area contributed by atoms with Crippen LogP contribution < -0.4 is 0 Å². The summed E-state index contributed by atoms with van der Waals surface area (Å²) in [4.78, 5) is 26.6. The number of hydrogen-bond acceptors (Lipinski definition) is 2. The Labute approximate surface area is 113 Å². The molecule has 2 aliphatic rings. The molecule has 3 rings (SSSR count). The third-order valence-electron chi connectivity index (χ3n) is 4.24. The first-order chi connectivity index (χ1) is 9.27. The van der Waals surface area contributed by atoms with Crippen molar-refractivity contribution >= 4 is 11.7 Å². The van der Waals surface area contributed by atoms with Gasteiger partial charge in [0.2, 0.25) is 5.91 Å². The smallest absolute Gasteiger partial charge is 0.230 e. The molecule has 0 saturated carbocycles. The fraction of sp³-hybridized carbons (Fsp3) is 0.500. The average molecular weight is 257 g/mol. The molecule has 1 saturated heterocycles. The Morgan fingerprint density at radius 3 is 2.47 bits per heavy atom. The van der Waals surface area contributed by atoms with Crippen molar-refractivity contribution in [1.29, 1.82) is 0 Å². The Morgan fingerprint density at radius 1 is 1.05 bits per heavy atom. The molecule has 100 valence electrons. The molecular formula is C16H19NO2. The number of benzene rings is 1. The summed E-state index contributed by atoms with van der Waals surface area (Å²) in [6.45, 7) is 1.71. The van der Waals surface area contributed by atoms with Crippen molar-refractivity contribution in [2.24, 2.45) is 0 Å². The SMILES string of the molecule is O=C1CC(C(=O)N2CCCCCC2)c2ccccc21. The molecule has 0 spiro atoms. The van der Waals surface area contributed by atoms with Crippen LogP contribution in [0.1, 0.15) is 53.9 Å². The molecule has 1 heterocycles. The number of likely N-dealkylation sites (tertiary alicyclic amines) is 1. The molecule has 0 aromatic heterocycles. The Bertz CT molecular complexity index is 501. The van der Waals surface area contributed by atoms with Crippen LogP contribution in [0.5, 0.6) is 0 Å². The first kappa shape index (κ1) is 12.4. The van der Waals surface area contributed by atoms with Crippen molar-refractivity contribution in [2.45, 2.75) is 38.0 Å². The lowest BCUT2D eigenvalue weighted by Gasteiger charge is -2.24. The normalized spacial score (nSPS) is 23.1. The van der Waals surface area contributed by atoms with Crippen LogP contribution >= 0.6 is 0 Å². The van der Waals surface area contributed by atoms with E-state index in [0.717, 1.165) is 37.1 Å². The van der Waals surface area contributed by atoms with Crippen LogP contribution in [0.25, 0.3) is 0 Å². The summed E-state index contributed by atoms with van der Waals surface area (Å²) in [5, 5.41) is 0. The largest absolute Gasteiger partial charge is 0.342 e. The van der Waals surface area contributed by atoms with Crippen LogP contribution in [-0.4, -0.2) is 29.7 Å². The summed E-state index contributed by atoms with van der Waals surface area (Å²) >= 11 is 0. The number of Topliss-reactive ketones (excluding diaryl/α,β-unsaturated/α-hetero) is 1. The highest BCUT2D eigenvalue weighted by Gasteiger charge is 2.36. The number of nitrogens with zero attached hydrogens (tertiary/aromatic N) is 1. The number of ketones is 1. The van der Waals surface area contributed by atoms with Crippen LogP contribution in [0.4, 0.5) is 0 Å². The quantitative estimate of drug-likeness (QED) is 0.775. The molecule has 1 aromatic rings. The van der Waals surface area contributed by atoms with E-state index in [2.05, 4.69) is 0 Å². The van der Waals surface area contributed by atoms with Gasteiger partial charge in [-0.25, -0.2) is 0 Å². The zero-order chi connectivity index (χ0) is 13.2. The van der Waals surface area contributed by atoms with Gasteiger partial charge in [-0.2, -0.15) is 0 Å². The highest BCUT2D eigenvalue weighted by molar-refractivity contribution is 6.06. The average Bonchev–Trinajstić information content (AvgIpc) is 2.64. The lowest BCUT2D eigenvalue weighted by molar-refractivity contribution is -0.132. The van der Waals surface area contributed by atoms with Gasteiger partial charge in [0, 0.05) is 25.1 Å². The van der Waals surface area contributed by atoms with E-state index in [1.54, 1.807) is 0 Å². The van der Waals surface area contributed by atoms with E-state index in [9.17, 15) is 9.59 Å². The fourth-order valence-electron chi connectivity index (χ4n) is 3.19. The summed E-state index contributed by atoms with van der Waals surface area (Å²) in [6, 6.07) is 7.56. The van der Waals surface area contributed by atoms with Gasteiger partial charge in [0.1, 0.15) is 0 Å². The molecule has 0 bridgehead atoms. The Morgan fingerprint density at radius 2 is 1.74 bits per heavy atom. The zero-order valence-corrected chi connectivity index (χ0v) is 11.1. The second-order valence-corrected chi connectivity index (χ2v) is 5.51. The minimum Gasteiger partial charge on any atom is -0.342 e. The summed E-state index contributed by atoms with van der Waals surface area (Å²) in [5.41, 5.74) is 1.68. The molecular weight excluding hydrogens is 238 g/mol. The van der Waals surface area contributed by atoms with Crippen LogP contribution in [-0.2, 0) is 4.79 Å². The van der Waals surface area contributed by atoms with Gasteiger partial charge in [0.05, 0.1) is 5.92 Å². The molecule has 1 aromatic carbocycles. The Kier molecular flexibility index (Phi) is 3.36. The Hall–Kier alpha value is -1.64. The van der Waals surface area contributed by atoms with E-state index >= 15 is 0 Å². The first-order valence-corrected chi connectivity index (χ1v) is 7.18. The van der Waals surface area contributed by atoms with Crippen LogP contribution in [0.2, 0.25) is 0 Å². The number of hydrogen-bond donors (Lipinski definition) is 0. The number of carbonyl (C=O) groups excluding carboxylic acids is 2. The number of carbonyl (C=O) groups is 2. The predicted molar refractivity (Wildman–Crippen MR) is 73.2 cm³/mol. The standard InChI is InChI=1S/C16H19NO2/c18-15-11-14(12-7-3-4-8-13(12)15)16(19)17-9-5-1-2-6-10-17/h3-4,7-8,14H,1-2,5-6,9-11H2. The molecule has 3 heteroatoms. The summed E-state index contributed by atoms with van der Waals surface area (Å²) in [7, 11) is 0. The molecule has 1 unspecified atom stereocenters. The van der Waals surface area contributed by atoms with Crippen molar-refractivity contribution < 1.29 is 9.59 Å². The van der Waals surface area contributed by atoms with Crippen molar-refractivity contribution in [2.75, 3.05) is 13.1 Å². The second kappa shape index (κ2) is 5.16. The minimum absolute atomic E-state index is 0.115. The minimum atomic E-state index is -0.234. The zero-order valence-electron chi connectivity index (χ0n) is 11.1. The van der Waals surface area contributed by atoms with Crippen molar-refractivity contribution in [1.82, 2.24) is 4.90 Å². The number of amides is 1. The van der Waals surface area contributed by atoms with Crippen molar-refractivity contribution in [3.8, 4) is 0 Å². The third-order valence-corrected chi connectivity index (χ3v) is 4.24. The van der Waals surface area contributed by atoms with E-state index in [1.165, 1.54) is 12.8 Å². The van der Waals surface area contributed by atoms with E-state index < -0.39 is 0 Å². The maximum Gasteiger partial charge on any atom is 0.230 e. The predicted octanol–water partition coefficient (Wildman–Crippen LogP) is 2.76. The summed E-state index contributed by atoms with van der Waals surface area (Å²) in [6.07, 6.45) is 4.96. The molecule has 0 N–H and O–H groups in total. The lowest BCUT2D eigenvalue weighted by Crippen LogP contribution is -2.35. The Balaban J connectivity index is 1.83. The maximum absolute atomic E-state index is 12.6. The highest BCUT2D eigenvalue weighted by Crippen LogP contribution is 2.34. The number of rotatable bonds is 1. The third kappa shape index (κ3) is 2.29. The van der Waals surface area contributed by atoms with Crippen LogP contribution in [0, 0.1) is 0 Å². The van der Waals surface area contributed by atoms with Gasteiger partial charge in [-0.05, 0) is 18.4 Å². The fourth-order valence-corrected chi connectivity index (χ4v) is 3.19. The van der Waals surface area contributed by atoms with Gasteiger partial charge in [0.15, 0.2) is 5.78 Å². The molecule has 1 amide bonds. The monoisotopic (exact) mass is 257 g/mol. The van der Waals surface area contributed by atoms with E-state index in [-0.39, 0.29) is 17.6 Å². The van der Waals surface area contributed by atoms with E-state index in [0.29, 0.717) is 6.42 Å². The lowest BCUT2D eigenvalue weighted by atomic mass is 10.00. The topological polar surface area (TPSA) is 37.4 Å². The molecule has 3 nitrogen and oxygen atoms in total. The molecule has 19 heavy (non-hydrogen) atoms. The van der Waals surface area contributed by atoms with Gasteiger partial charge in [-0.3, -0.25) is 9.59 Å². The molecule has 1 fully saturated rings. The molecule has 1 atom stereocenters. The molecule has 1 aliphatic carbocycles. The van der Waals surface area contributed by atoms with Gasteiger partial charge in [0.25, 0.3) is 0 Å².